The molecule has 6 heteroatoms. The zero-order valence-electron chi connectivity index (χ0n) is 11.2. The molecule has 2 rings (SSSR count). The van der Waals surface area contributed by atoms with Crippen LogP contribution < -0.4 is 0 Å². The van der Waals surface area contributed by atoms with Crippen molar-refractivity contribution in [3.8, 4) is 0 Å². The maximum Gasteiger partial charge on any atom is 0.310 e. The van der Waals surface area contributed by atoms with Crippen molar-refractivity contribution in [1.82, 2.24) is 10.1 Å². The van der Waals surface area contributed by atoms with Crippen molar-refractivity contribution in [2.24, 2.45) is 5.41 Å². The molecule has 0 bridgehead atoms. The maximum absolute atomic E-state index is 11.4. The third-order valence-corrected chi connectivity index (χ3v) is 3.59. The van der Waals surface area contributed by atoms with Gasteiger partial charge in [0.2, 0.25) is 5.89 Å². The Balaban J connectivity index is 1.96. The lowest BCUT2D eigenvalue weighted by Crippen LogP contribution is -2.30. The molecule has 1 N–H and O–H groups in total. The molecule has 0 radical (unpaired) electrons. The van der Waals surface area contributed by atoms with Crippen LogP contribution in [0.2, 0.25) is 0 Å². The van der Waals surface area contributed by atoms with Crippen LogP contribution in [0.25, 0.3) is 0 Å². The summed E-state index contributed by atoms with van der Waals surface area (Å²) in [7, 11) is 0. The topological polar surface area (TPSA) is 85.5 Å². The first-order valence-corrected chi connectivity index (χ1v) is 6.79. The van der Waals surface area contributed by atoms with Crippen LogP contribution in [0.5, 0.6) is 0 Å². The standard InChI is InChI=1S/C13H20N2O4/c1-2-7-18-9-10-14-11(19-15-10)8-13(12(16)17)5-3-4-6-13/h2-9H2,1H3,(H,16,17). The zero-order chi connectivity index (χ0) is 13.7. The summed E-state index contributed by atoms with van der Waals surface area (Å²) >= 11 is 0. The minimum absolute atomic E-state index is 0.317. The first kappa shape index (κ1) is 14.0. The summed E-state index contributed by atoms with van der Waals surface area (Å²) in [5.41, 5.74) is -0.714. The highest BCUT2D eigenvalue weighted by Crippen LogP contribution is 2.40. The quantitative estimate of drug-likeness (QED) is 0.763. The Labute approximate surface area is 112 Å². The molecule has 0 aromatic carbocycles. The summed E-state index contributed by atoms with van der Waals surface area (Å²) in [6.45, 7) is 3.00. The van der Waals surface area contributed by atoms with Gasteiger partial charge in [-0.05, 0) is 19.3 Å². The van der Waals surface area contributed by atoms with E-state index in [0.29, 0.717) is 44.2 Å². The molecular formula is C13H20N2O4. The summed E-state index contributed by atoms with van der Waals surface area (Å²) in [4.78, 5) is 15.6. The van der Waals surface area contributed by atoms with Crippen molar-refractivity contribution in [2.45, 2.75) is 52.1 Å². The summed E-state index contributed by atoms with van der Waals surface area (Å²) < 4.78 is 10.5. The van der Waals surface area contributed by atoms with Crippen molar-refractivity contribution < 1.29 is 19.2 Å². The first-order valence-electron chi connectivity index (χ1n) is 6.79. The molecule has 0 aliphatic heterocycles. The Kier molecular flexibility index (Phi) is 4.52. The number of hydrogen-bond donors (Lipinski definition) is 1. The molecule has 1 heterocycles. The lowest BCUT2D eigenvalue weighted by Gasteiger charge is -2.21. The monoisotopic (exact) mass is 268 g/mol. The minimum Gasteiger partial charge on any atom is -0.481 e. The Morgan fingerprint density at radius 3 is 2.84 bits per heavy atom. The lowest BCUT2D eigenvalue weighted by molar-refractivity contribution is -0.148. The van der Waals surface area contributed by atoms with Crippen LogP contribution in [0.4, 0.5) is 0 Å². The van der Waals surface area contributed by atoms with Gasteiger partial charge in [-0.3, -0.25) is 4.79 Å². The molecule has 1 aliphatic carbocycles. The van der Waals surface area contributed by atoms with Gasteiger partial charge in [0.15, 0.2) is 5.82 Å². The number of carboxylic acids is 1. The Bertz CT molecular complexity index is 424. The van der Waals surface area contributed by atoms with Crippen LogP contribution in [-0.2, 0) is 22.6 Å². The second-order valence-corrected chi connectivity index (χ2v) is 5.13. The van der Waals surface area contributed by atoms with Crippen LogP contribution in [-0.4, -0.2) is 27.8 Å². The van der Waals surface area contributed by atoms with Crippen molar-refractivity contribution in [3.05, 3.63) is 11.7 Å². The van der Waals surface area contributed by atoms with Crippen LogP contribution in [0.3, 0.4) is 0 Å². The molecule has 0 spiro atoms. The fourth-order valence-corrected chi connectivity index (χ4v) is 2.54. The average molecular weight is 268 g/mol. The van der Waals surface area contributed by atoms with E-state index < -0.39 is 11.4 Å². The highest BCUT2D eigenvalue weighted by Gasteiger charge is 2.42. The smallest absolute Gasteiger partial charge is 0.310 e. The van der Waals surface area contributed by atoms with Gasteiger partial charge in [0.05, 0.1) is 5.41 Å². The molecule has 1 fully saturated rings. The van der Waals surface area contributed by atoms with Gasteiger partial charge in [-0.25, -0.2) is 0 Å². The van der Waals surface area contributed by atoms with Gasteiger partial charge in [-0.2, -0.15) is 4.98 Å². The molecule has 1 aliphatic rings. The Morgan fingerprint density at radius 1 is 1.47 bits per heavy atom. The molecule has 0 unspecified atom stereocenters. The van der Waals surface area contributed by atoms with Gasteiger partial charge in [0.25, 0.3) is 0 Å². The molecule has 1 aromatic rings. The molecule has 1 saturated carbocycles. The van der Waals surface area contributed by atoms with Gasteiger partial charge in [-0.1, -0.05) is 24.9 Å². The second-order valence-electron chi connectivity index (χ2n) is 5.13. The van der Waals surface area contributed by atoms with Crippen LogP contribution >= 0.6 is 0 Å². The van der Waals surface area contributed by atoms with Crippen LogP contribution in [0.1, 0.15) is 50.7 Å². The van der Waals surface area contributed by atoms with Crippen molar-refractivity contribution >= 4 is 5.97 Å². The number of rotatable bonds is 7. The molecule has 0 atom stereocenters. The Hall–Kier alpha value is -1.43. The van der Waals surface area contributed by atoms with E-state index in [0.717, 1.165) is 19.3 Å². The third-order valence-electron chi connectivity index (χ3n) is 3.59. The number of carbonyl (C=O) groups is 1. The fourth-order valence-electron chi connectivity index (χ4n) is 2.54. The first-order chi connectivity index (χ1) is 9.16. The van der Waals surface area contributed by atoms with Gasteiger partial charge in [-0.15, -0.1) is 0 Å². The van der Waals surface area contributed by atoms with Gasteiger partial charge in [0.1, 0.15) is 6.61 Å². The molecule has 19 heavy (non-hydrogen) atoms. The minimum atomic E-state index is -0.757. The Morgan fingerprint density at radius 2 is 2.21 bits per heavy atom. The number of hydrogen-bond acceptors (Lipinski definition) is 5. The van der Waals surface area contributed by atoms with Crippen molar-refractivity contribution in [2.75, 3.05) is 6.61 Å². The van der Waals surface area contributed by atoms with Crippen LogP contribution in [0, 0.1) is 5.41 Å². The van der Waals surface area contributed by atoms with Gasteiger partial charge >= 0.3 is 5.97 Å². The molecule has 106 valence electrons. The summed E-state index contributed by atoms with van der Waals surface area (Å²) in [6.07, 6.45) is 4.54. The van der Waals surface area contributed by atoms with E-state index in [1.165, 1.54) is 0 Å². The van der Waals surface area contributed by atoms with E-state index in [1.54, 1.807) is 0 Å². The van der Waals surface area contributed by atoms with E-state index in [1.807, 2.05) is 6.92 Å². The van der Waals surface area contributed by atoms with Crippen LogP contribution in [0.15, 0.2) is 4.52 Å². The number of carboxylic acid groups (broad SMARTS) is 1. The number of nitrogens with zero attached hydrogens (tertiary/aromatic N) is 2. The SMILES string of the molecule is CCCOCc1noc(CC2(C(=O)O)CCCC2)n1. The highest BCUT2D eigenvalue weighted by atomic mass is 16.5. The molecule has 0 amide bonds. The second kappa shape index (κ2) is 6.14. The number of aromatic nitrogens is 2. The lowest BCUT2D eigenvalue weighted by atomic mass is 9.83. The van der Waals surface area contributed by atoms with E-state index >= 15 is 0 Å². The van der Waals surface area contributed by atoms with Crippen molar-refractivity contribution in [1.29, 1.82) is 0 Å². The van der Waals surface area contributed by atoms with Crippen molar-refractivity contribution in [3.63, 3.8) is 0 Å². The number of aliphatic carboxylic acids is 1. The van der Waals surface area contributed by atoms with E-state index in [2.05, 4.69) is 10.1 Å². The van der Waals surface area contributed by atoms with E-state index in [-0.39, 0.29) is 0 Å². The maximum atomic E-state index is 11.4. The molecule has 0 saturated heterocycles. The molecular weight excluding hydrogens is 248 g/mol. The van der Waals surface area contributed by atoms with E-state index in [9.17, 15) is 9.90 Å². The van der Waals surface area contributed by atoms with Gasteiger partial charge in [0, 0.05) is 13.0 Å². The fraction of sp³-hybridized carbons (Fsp3) is 0.769. The number of ether oxygens (including phenoxy) is 1. The normalized spacial score (nSPS) is 17.7. The van der Waals surface area contributed by atoms with E-state index in [4.69, 9.17) is 9.26 Å². The summed E-state index contributed by atoms with van der Waals surface area (Å²) in [5.74, 6) is 0.133. The predicted octanol–water partition coefficient (Wildman–Crippen LogP) is 2.18. The largest absolute Gasteiger partial charge is 0.481 e. The predicted molar refractivity (Wildman–Crippen MR) is 66.5 cm³/mol. The summed E-state index contributed by atoms with van der Waals surface area (Å²) in [5, 5.41) is 13.2. The average Bonchev–Trinajstić information content (AvgIpc) is 3.01. The third kappa shape index (κ3) is 3.32. The van der Waals surface area contributed by atoms with Gasteiger partial charge < -0.3 is 14.4 Å². The molecule has 1 aromatic heterocycles. The highest BCUT2D eigenvalue weighted by molar-refractivity contribution is 5.75. The summed E-state index contributed by atoms with van der Waals surface area (Å²) in [6, 6.07) is 0. The molecule has 6 nitrogen and oxygen atoms in total. The zero-order valence-corrected chi connectivity index (χ0v) is 11.2.